The van der Waals surface area contributed by atoms with Crippen molar-refractivity contribution in [3.63, 3.8) is 0 Å². The lowest BCUT2D eigenvalue weighted by Gasteiger charge is -2.24. The van der Waals surface area contributed by atoms with Crippen LogP contribution in [0.25, 0.3) is 0 Å². The molecule has 1 fully saturated rings. The van der Waals surface area contributed by atoms with Crippen molar-refractivity contribution in [1.29, 1.82) is 0 Å². The van der Waals surface area contributed by atoms with Gasteiger partial charge in [0.25, 0.3) is 5.91 Å². The summed E-state index contributed by atoms with van der Waals surface area (Å²) in [5, 5.41) is 5.96. The van der Waals surface area contributed by atoms with E-state index in [0.717, 1.165) is 12.2 Å². The van der Waals surface area contributed by atoms with Crippen molar-refractivity contribution < 1.29 is 4.79 Å². The fourth-order valence-electron chi connectivity index (χ4n) is 2.37. The van der Waals surface area contributed by atoms with Gasteiger partial charge in [-0.2, -0.15) is 0 Å². The molecule has 0 aliphatic carbocycles. The number of hydrogen-bond donors (Lipinski definition) is 2. The van der Waals surface area contributed by atoms with Crippen LogP contribution in [0.1, 0.15) is 30.3 Å². The minimum Gasteiger partial charge on any atom is -0.383 e. The van der Waals surface area contributed by atoms with Crippen molar-refractivity contribution in [2.45, 2.75) is 25.8 Å². The van der Waals surface area contributed by atoms with Crippen LogP contribution in [-0.2, 0) is 0 Å². The Labute approximate surface area is 114 Å². The number of anilines is 1. The summed E-state index contributed by atoms with van der Waals surface area (Å²) < 4.78 is 0. The number of aromatic nitrogens is 1. The maximum absolute atomic E-state index is 11.5. The van der Waals surface area contributed by atoms with Crippen molar-refractivity contribution in [2.75, 3.05) is 32.0 Å². The highest BCUT2D eigenvalue weighted by Crippen LogP contribution is 2.13. The molecule has 1 aromatic heterocycles. The van der Waals surface area contributed by atoms with Gasteiger partial charge in [0.05, 0.1) is 0 Å². The van der Waals surface area contributed by atoms with Crippen LogP contribution >= 0.6 is 0 Å². The molecule has 2 N–H and O–H groups in total. The summed E-state index contributed by atoms with van der Waals surface area (Å²) in [6.45, 7) is 5.52. The number of carbonyl (C=O) groups excluding carboxylic acids is 1. The van der Waals surface area contributed by atoms with Crippen LogP contribution in [-0.4, -0.2) is 48.5 Å². The Morgan fingerprint density at radius 3 is 2.89 bits per heavy atom. The van der Waals surface area contributed by atoms with Crippen LogP contribution in [0.2, 0.25) is 0 Å². The van der Waals surface area contributed by atoms with Gasteiger partial charge in [0.15, 0.2) is 0 Å². The molecule has 104 valence electrons. The van der Waals surface area contributed by atoms with Crippen LogP contribution in [0.15, 0.2) is 18.3 Å². The van der Waals surface area contributed by atoms with Gasteiger partial charge >= 0.3 is 0 Å². The zero-order valence-electron chi connectivity index (χ0n) is 11.6. The molecule has 1 unspecified atom stereocenters. The fraction of sp³-hybridized carbons (Fsp3) is 0.571. The summed E-state index contributed by atoms with van der Waals surface area (Å²) in [4.78, 5) is 18.0. The Kier molecular flexibility index (Phi) is 4.74. The SMILES string of the molecule is CNC(=O)c1cc(NCC(C)N2CCCC2)ccn1. The third-order valence-corrected chi connectivity index (χ3v) is 3.59. The molecule has 1 aromatic rings. The number of nitrogens with one attached hydrogen (secondary N) is 2. The molecule has 1 aliphatic heterocycles. The first kappa shape index (κ1) is 13.8. The Bertz CT molecular complexity index is 429. The second kappa shape index (κ2) is 6.52. The van der Waals surface area contributed by atoms with E-state index in [4.69, 9.17) is 0 Å². The predicted octanol–water partition coefficient (Wildman–Crippen LogP) is 1.34. The van der Waals surface area contributed by atoms with Crippen molar-refractivity contribution in [1.82, 2.24) is 15.2 Å². The molecule has 0 saturated carbocycles. The maximum atomic E-state index is 11.5. The molecule has 5 heteroatoms. The van der Waals surface area contributed by atoms with E-state index >= 15 is 0 Å². The van der Waals surface area contributed by atoms with Crippen LogP contribution in [0.3, 0.4) is 0 Å². The van der Waals surface area contributed by atoms with E-state index in [0.29, 0.717) is 11.7 Å². The Morgan fingerprint density at radius 1 is 1.47 bits per heavy atom. The van der Waals surface area contributed by atoms with Crippen molar-refractivity contribution in [3.8, 4) is 0 Å². The minimum absolute atomic E-state index is 0.156. The highest BCUT2D eigenvalue weighted by molar-refractivity contribution is 5.92. The topological polar surface area (TPSA) is 57.3 Å². The van der Waals surface area contributed by atoms with E-state index in [9.17, 15) is 4.79 Å². The first-order valence-corrected chi connectivity index (χ1v) is 6.87. The molecule has 0 spiro atoms. The van der Waals surface area contributed by atoms with Gasteiger partial charge in [0.1, 0.15) is 5.69 Å². The quantitative estimate of drug-likeness (QED) is 0.840. The minimum atomic E-state index is -0.156. The Morgan fingerprint density at radius 2 is 2.21 bits per heavy atom. The van der Waals surface area contributed by atoms with E-state index in [-0.39, 0.29) is 5.91 Å². The summed E-state index contributed by atoms with van der Waals surface area (Å²) in [5.74, 6) is -0.156. The number of pyridine rings is 1. The molecule has 2 heterocycles. The van der Waals surface area contributed by atoms with Crippen molar-refractivity contribution >= 4 is 11.6 Å². The number of amides is 1. The van der Waals surface area contributed by atoms with E-state index in [1.807, 2.05) is 6.07 Å². The number of nitrogens with zero attached hydrogens (tertiary/aromatic N) is 2. The molecule has 0 radical (unpaired) electrons. The van der Waals surface area contributed by atoms with Gasteiger partial charge < -0.3 is 10.6 Å². The average molecular weight is 262 g/mol. The summed E-state index contributed by atoms with van der Waals surface area (Å²) >= 11 is 0. The van der Waals surface area contributed by atoms with Gasteiger partial charge in [-0.15, -0.1) is 0 Å². The predicted molar refractivity (Wildman–Crippen MR) is 76.4 cm³/mol. The number of carbonyl (C=O) groups is 1. The highest BCUT2D eigenvalue weighted by atomic mass is 16.1. The second-order valence-corrected chi connectivity index (χ2v) is 4.98. The molecular formula is C14H22N4O. The van der Waals surface area contributed by atoms with Crippen molar-refractivity contribution in [2.24, 2.45) is 0 Å². The highest BCUT2D eigenvalue weighted by Gasteiger charge is 2.17. The molecule has 1 amide bonds. The summed E-state index contributed by atoms with van der Waals surface area (Å²) in [6, 6.07) is 4.19. The van der Waals surface area contributed by atoms with Gasteiger partial charge in [0, 0.05) is 31.5 Å². The Balaban J connectivity index is 1.90. The summed E-state index contributed by atoms with van der Waals surface area (Å²) in [7, 11) is 1.61. The second-order valence-electron chi connectivity index (χ2n) is 4.98. The first-order valence-electron chi connectivity index (χ1n) is 6.87. The third-order valence-electron chi connectivity index (χ3n) is 3.59. The monoisotopic (exact) mass is 262 g/mol. The number of rotatable bonds is 5. The van der Waals surface area contributed by atoms with Gasteiger partial charge in [0.2, 0.25) is 0 Å². The smallest absolute Gasteiger partial charge is 0.269 e. The van der Waals surface area contributed by atoms with Crippen LogP contribution in [0.4, 0.5) is 5.69 Å². The van der Waals surface area contributed by atoms with Gasteiger partial charge in [-0.1, -0.05) is 0 Å². The largest absolute Gasteiger partial charge is 0.383 e. The number of likely N-dealkylation sites (tertiary alicyclic amines) is 1. The lowest BCUT2D eigenvalue weighted by atomic mass is 10.2. The molecule has 2 rings (SSSR count). The van der Waals surface area contributed by atoms with Gasteiger partial charge in [-0.3, -0.25) is 14.7 Å². The van der Waals surface area contributed by atoms with E-state index in [1.54, 1.807) is 19.3 Å². The lowest BCUT2D eigenvalue weighted by Crippen LogP contribution is -2.35. The average Bonchev–Trinajstić information content (AvgIpc) is 2.98. The van der Waals surface area contributed by atoms with Gasteiger partial charge in [-0.25, -0.2) is 0 Å². The molecule has 0 bridgehead atoms. The van der Waals surface area contributed by atoms with Crippen LogP contribution in [0, 0.1) is 0 Å². The molecule has 5 nitrogen and oxygen atoms in total. The molecule has 1 atom stereocenters. The van der Waals surface area contributed by atoms with E-state index < -0.39 is 0 Å². The first-order chi connectivity index (χ1) is 9.20. The summed E-state index contributed by atoms with van der Waals surface area (Å²) in [5.41, 5.74) is 1.39. The lowest BCUT2D eigenvalue weighted by molar-refractivity contribution is 0.0958. The maximum Gasteiger partial charge on any atom is 0.269 e. The molecule has 0 aromatic carbocycles. The molecule has 1 saturated heterocycles. The Hall–Kier alpha value is -1.62. The fourth-order valence-corrected chi connectivity index (χ4v) is 2.37. The van der Waals surface area contributed by atoms with Crippen molar-refractivity contribution in [3.05, 3.63) is 24.0 Å². The zero-order chi connectivity index (χ0) is 13.7. The van der Waals surface area contributed by atoms with E-state index in [1.165, 1.54) is 25.9 Å². The number of hydrogen-bond acceptors (Lipinski definition) is 4. The molecule has 1 aliphatic rings. The third kappa shape index (κ3) is 3.67. The zero-order valence-corrected chi connectivity index (χ0v) is 11.6. The normalized spacial score (nSPS) is 17.2. The van der Waals surface area contributed by atoms with E-state index in [2.05, 4.69) is 27.4 Å². The standard InChI is InChI=1S/C14H22N4O/c1-11(18-7-3-4-8-18)10-17-12-5-6-16-13(9-12)14(19)15-2/h5-6,9,11H,3-4,7-8,10H2,1-2H3,(H,15,19)(H,16,17). The van der Waals surface area contributed by atoms with Crippen LogP contribution < -0.4 is 10.6 Å². The molecular weight excluding hydrogens is 240 g/mol. The summed E-state index contributed by atoms with van der Waals surface area (Å²) in [6.07, 6.45) is 4.27. The molecule has 19 heavy (non-hydrogen) atoms. The van der Waals surface area contributed by atoms with Gasteiger partial charge in [-0.05, 0) is 45.0 Å². The van der Waals surface area contributed by atoms with Crippen LogP contribution in [0.5, 0.6) is 0 Å².